The topological polar surface area (TPSA) is 111 Å². The van der Waals surface area contributed by atoms with Crippen molar-refractivity contribution in [1.29, 1.82) is 0 Å². The van der Waals surface area contributed by atoms with E-state index in [1.165, 1.54) is 12.1 Å². The molecule has 2 aromatic rings. The van der Waals surface area contributed by atoms with Crippen molar-refractivity contribution in [1.82, 2.24) is 10.6 Å². The fraction of sp³-hybridized carbons (Fsp3) is 0.364. The van der Waals surface area contributed by atoms with Gasteiger partial charge in [-0.25, -0.2) is 41.9 Å². The largest absolute Gasteiger partial charge is 4.00 e. The van der Waals surface area contributed by atoms with Gasteiger partial charge in [0.15, 0.2) is 0 Å². The average molecular weight is 827 g/mol. The van der Waals surface area contributed by atoms with Crippen molar-refractivity contribution in [3.8, 4) is 0 Å². The second kappa shape index (κ2) is 32.3. The molecule has 2 aromatic carbocycles. The van der Waals surface area contributed by atoms with Gasteiger partial charge in [-0.1, -0.05) is 25.0 Å². The molecule has 2 aliphatic carbocycles. The third-order valence-corrected chi connectivity index (χ3v) is 7.47. The number of carbonyl (C=O) groups is 4. The molecule has 0 radical (unpaired) electrons. The second-order valence-corrected chi connectivity index (χ2v) is 11.9. The number of amides is 2. The maximum Gasteiger partial charge on any atom is 4.00 e. The number of hydrogen-bond donors (Lipinski definition) is 2. The van der Waals surface area contributed by atoms with Crippen LogP contribution >= 0.6 is 0 Å². The van der Waals surface area contributed by atoms with E-state index in [-0.39, 0.29) is 96.6 Å². The zero-order valence-electron chi connectivity index (χ0n) is 32.4. The van der Waals surface area contributed by atoms with Crippen molar-refractivity contribution >= 4 is 23.8 Å². The minimum Gasteiger partial charge on any atom is -0.466 e. The fourth-order valence-electron chi connectivity index (χ4n) is 4.59. The molecule has 2 N–H and O–H groups in total. The summed E-state index contributed by atoms with van der Waals surface area (Å²) < 4.78 is 63.0. The second-order valence-electron chi connectivity index (χ2n) is 11.9. The molecule has 0 heterocycles. The predicted molar refractivity (Wildman–Crippen MR) is 206 cm³/mol. The number of benzene rings is 2. The number of halogens is 4. The summed E-state index contributed by atoms with van der Waals surface area (Å²) in [5.74, 6) is -6.37. The molecule has 304 valence electrons. The van der Waals surface area contributed by atoms with Crippen LogP contribution in [0, 0.1) is 59.4 Å². The Labute approximate surface area is 349 Å². The van der Waals surface area contributed by atoms with E-state index in [0.29, 0.717) is 12.8 Å². The molecular weight excluding hydrogens is 776 g/mol. The molecule has 0 aromatic heterocycles. The number of carbonyl (C=O) groups excluding carboxylic acids is 4. The number of rotatable bonds is 18. The Kier molecular flexibility index (Phi) is 29.6. The van der Waals surface area contributed by atoms with Gasteiger partial charge in [0, 0.05) is 49.2 Å². The Morgan fingerprint density at radius 2 is 1.09 bits per heavy atom. The van der Waals surface area contributed by atoms with E-state index >= 15 is 0 Å². The maximum absolute atomic E-state index is 13.7. The van der Waals surface area contributed by atoms with Gasteiger partial charge in [-0.15, -0.1) is 61.4 Å². The van der Waals surface area contributed by atoms with E-state index in [4.69, 9.17) is 9.47 Å². The first kappa shape index (κ1) is 52.2. The van der Waals surface area contributed by atoms with E-state index in [2.05, 4.69) is 48.1 Å². The Morgan fingerprint density at radius 3 is 1.35 bits per heavy atom. The molecule has 2 unspecified atom stereocenters. The summed E-state index contributed by atoms with van der Waals surface area (Å²) in [6.45, 7) is 10.8. The van der Waals surface area contributed by atoms with Crippen LogP contribution in [0.1, 0.15) is 63.5 Å². The van der Waals surface area contributed by atoms with E-state index in [0.717, 1.165) is 25.0 Å². The van der Waals surface area contributed by atoms with Crippen molar-refractivity contribution in [2.24, 2.45) is 11.8 Å². The monoisotopic (exact) mass is 826 g/mol. The smallest absolute Gasteiger partial charge is 0.466 e. The van der Waals surface area contributed by atoms with Crippen LogP contribution in [-0.2, 0) is 63.2 Å². The van der Waals surface area contributed by atoms with Crippen LogP contribution in [0.15, 0.2) is 86.0 Å². The van der Waals surface area contributed by atoms with E-state index in [9.17, 15) is 36.7 Å². The Balaban J connectivity index is 0.000000865. The predicted octanol–water partition coefficient (Wildman–Crippen LogP) is 7.75. The van der Waals surface area contributed by atoms with E-state index in [1.54, 1.807) is 26.0 Å². The van der Waals surface area contributed by atoms with Gasteiger partial charge in [0.1, 0.15) is 0 Å². The summed E-state index contributed by atoms with van der Waals surface area (Å²) >= 11 is 0. The van der Waals surface area contributed by atoms with Crippen molar-refractivity contribution in [2.75, 3.05) is 26.3 Å². The summed E-state index contributed by atoms with van der Waals surface area (Å²) in [7, 11) is 0. The van der Waals surface area contributed by atoms with Gasteiger partial charge in [0.05, 0.1) is 25.0 Å². The van der Waals surface area contributed by atoms with Crippen molar-refractivity contribution in [3.63, 3.8) is 0 Å². The molecule has 2 aliphatic rings. The number of ether oxygens (including phenoxy) is 2. The first-order valence-corrected chi connectivity index (χ1v) is 18.2. The molecule has 8 nitrogen and oxygen atoms in total. The SMILES string of the molecule is C=CCCC(=O)NCC(Cc1ccc(F)[c-]c1F)C(=O)OCC.C=CCCC(=O)NCC(Cc1ccc(F)[c-]c1F)C(=O)OCC.[C-]1=CC=CC1.[C-]1=CC=CC1.[Ti+4]. The molecule has 13 heteroatoms. The number of esters is 2. The Morgan fingerprint density at radius 1 is 0.702 bits per heavy atom. The number of hydrogen-bond acceptors (Lipinski definition) is 6. The molecular formula is C44H50F4N2O6Ti. The van der Waals surface area contributed by atoms with Gasteiger partial charge in [-0.3, -0.25) is 31.3 Å². The fourth-order valence-corrected chi connectivity index (χ4v) is 4.59. The Hall–Kier alpha value is -4.81. The average Bonchev–Trinajstić information content (AvgIpc) is 3.96. The number of nitrogens with one attached hydrogen (secondary N) is 2. The molecule has 2 atom stereocenters. The van der Waals surface area contributed by atoms with Crippen molar-refractivity contribution in [2.45, 2.75) is 65.2 Å². The van der Waals surface area contributed by atoms with Gasteiger partial charge in [0.25, 0.3) is 0 Å². The summed E-state index contributed by atoms with van der Waals surface area (Å²) in [5.41, 5.74) is 0.287. The molecule has 4 rings (SSSR count). The molecule has 2 amide bonds. The van der Waals surface area contributed by atoms with E-state index in [1.807, 2.05) is 36.4 Å². The summed E-state index contributed by atoms with van der Waals surface area (Å²) in [4.78, 5) is 47.1. The summed E-state index contributed by atoms with van der Waals surface area (Å²) in [6, 6.07) is 8.51. The third-order valence-electron chi connectivity index (χ3n) is 7.47. The first-order valence-electron chi connectivity index (χ1n) is 18.2. The number of allylic oxidation sites excluding steroid dienone is 10. The van der Waals surface area contributed by atoms with Gasteiger partial charge in [0.2, 0.25) is 11.8 Å². The first-order chi connectivity index (χ1) is 26.9. The van der Waals surface area contributed by atoms with Crippen LogP contribution in [0.3, 0.4) is 0 Å². The van der Waals surface area contributed by atoms with Crippen molar-refractivity contribution < 1.29 is 67.9 Å². The molecule has 0 saturated carbocycles. The maximum atomic E-state index is 13.7. The van der Waals surface area contributed by atoms with Gasteiger partial charge in [-0.2, -0.15) is 24.3 Å². The van der Waals surface area contributed by atoms with Crippen LogP contribution in [0.2, 0.25) is 0 Å². The molecule has 0 bridgehead atoms. The zero-order valence-corrected chi connectivity index (χ0v) is 34.0. The Bertz CT molecular complexity index is 1540. The van der Waals surface area contributed by atoms with Crippen LogP contribution in [0.4, 0.5) is 17.6 Å². The zero-order chi connectivity index (χ0) is 41.6. The minimum absolute atomic E-state index is 0. The molecule has 57 heavy (non-hydrogen) atoms. The van der Waals surface area contributed by atoms with Crippen LogP contribution in [-0.4, -0.2) is 50.1 Å². The van der Waals surface area contributed by atoms with Gasteiger partial charge < -0.3 is 20.1 Å². The molecule has 0 fully saturated rings. The normalized spacial score (nSPS) is 12.5. The van der Waals surface area contributed by atoms with E-state index < -0.39 is 47.0 Å². The quantitative estimate of drug-likeness (QED) is 0.0524. The molecule has 0 aliphatic heterocycles. The minimum atomic E-state index is -0.850. The molecule has 0 saturated heterocycles. The van der Waals surface area contributed by atoms with Gasteiger partial charge in [-0.05, 0) is 26.7 Å². The van der Waals surface area contributed by atoms with Crippen LogP contribution in [0.5, 0.6) is 0 Å². The van der Waals surface area contributed by atoms with Crippen molar-refractivity contribution in [3.05, 3.63) is 145 Å². The van der Waals surface area contributed by atoms with Crippen LogP contribution < -0.4 is 10.6 Å². The van der Waals surface area contributed by atoms with Gasteiger partial charge >= 0.3 is 33.7 Å². The standard InChI is InChI=1S/2C17H20F2NO3.2C5H5.Ti/c2*1-3-5-6-16(21)20-11-13(17(22)23-4-2)9-12-7-8-14(18)10-15(12)19;2*1-2-4-5-3-1;/h2*3,7-8,13H,1,4-6,9,11H2,2H3,(H,20,21);2*1-3H,4H2;/q4*-1;+4. The summed E-state index contributed by atoms with van der Waals surface area (Å²) in [5, 5.41) is 5.23. The third kappa shape index (κ3) is 24.4. The van der Waals surface area contributed by atoms with Crippen LogP contribution in [0.25, 0.3) is 0 Å². The summed E-state index contributed by atoms with van der Waals surface area (Å²) in [6.07, 6.45) is 24.8. The molecule has 0 spiro atoms.